The molecule has 136 valence electrons. The number of esters is 1. The number of carbonyl (C=O) groups excluding carboxylic acids is 2. The summed E-state index contributed by atoms with van der Waals surface area (Å²) in [5.41, 5.74) is 0.316. The zero-order valence-corrected chi connectivity index (χ0v) is 15.4. The normalized spacial score (nSPS) is 50.8. The minimum atomic E-state index is -0.877. The fraction of sp³-hybridized carbons (Fsp3) is 0.800. The molecule has 3 heterocycles. The molecule has 2 aliphatic carbocycles. The van der Waals surface area contributed by atoms with E-state index >= 15 is 0 Å². The molecule has 0 aromatic carbocycles. The Hall–Kier alpha value is -1.20. The summed E-state index contributed by atoms with van der Waals surface area (Å²) < 4.78 is 18.0. The predicted molar refractivity (Wildman–Crippen MR) is 88.7 cm³/mol. The highest BCUT2D eigenvalue weighted by atomic mass is 16.7. The summed E-state index contributed by atoms with van der Waals surface area (Å²) >= 11 is 0. The van der Waals surface area contributed by atoms with Crippen molar-refractivity contribution in [2.24, 2.45) is 23.2 Å². The third-order valence-corrected chi connectivity index (χ3v) is 7.98. The minimum Gasteiger partial charge on any atom is -0.458 e. The molecule has 5 heteroatoms. The summed E-state index contributed by atoms with van der Waals surface area (Å²) in [5.74, 6) is 0.428. The lowest BCUT2D eigenvalue weighted by molar-refractivity contribution is -0.209. The average molecular weight is 346 g/mol. The van der Waals surface area contributed by atoms with Gasteiger partial charge in [-0.3, -0.25) is 4.79 Å². The second-order valence-electron chi connectivity index (χ2n) is 9.19. The summed E-state index contributed by atoms with van der Waals surface area (Å²) in [5, 5.41) is 0. The van der Waals surface area contributed by atoms with Gasteiger partial charge in [0.15, 0.2) is 11.4 Å². The molecule has 6 atom stereocenters. The van der Waals surface area contributed by atoms with Gasteiger partial charge in [-0.2, -0.15) is 0 Å². The zero-order valence-electron chi connectivity index (χ0n) is 15.4. The van der Waals surface area contributed by atoms with Crippen molar-refractivity contribution in [2.45, 2.75) is 64.3 Å². The standard InChI is InChI=1S/C20H26O5/c1-10(2)12-7-15-20(25-15)18(3)6-5-11-13(8-23-17(11)22)14(18)9-24-19(20,4)16(12)21/h10,12,14-15H,5-9H2,1-4H3/t12?,14?,15?,18-,19?,20+/m0/s1. The maximum absolute atomic E-state index is 13.4. The van der Waals surface area contributed by atoms with Crippen LogP contribution in [0.3, 0.4) is 0 Å². The number of cyclic esters (lactones) is 1. The molecule has 2 saturated heterocycles. The lowest BCUT2D eigenvalue weighted by Crippen LogP contribution is -2.70. The minimum absolute atomic E-state index is 0.000494. The number of Topliss-reactive ketones (excluding diaryl/α,β-unsaturated/α-hetero) is 1. The first-order chi connectivity index (χ1) is 11.8. The van der Waals surface area contributed by atoms with E-state index in [1.165, 1.54) is 0 Å². The molecule has 0 bridgehead atoms. The van der Waals surface area contributed by atoms with Gasteiger partial charge in [-0.05, 0) is 37.7 Å². The van der Waals surface area contributed by atoms with Gasteiger partial charge >= 0.3 is 5.97 Å². The molecule has 0 amide bonds. The van der Waals surface area contributed by atoms with E-state index in [9.17, 15) is 9.59 Å². The lowest BCUT2D eigenvalue weighted by atomic mass is 9.49. The van der Waals surface area contributed by atoms with Gasteiger partial charge in [-0.1, -0.05) is 20.8 Å². The largest absolute Gasteiger partial charge is 0.458 e. The van der Waals surface area contributed by atoms with Gasteiger partial charge in [0, 0.05) is 22.8 Å². The van der Waals surface area contributed by atoms with E-state index in [2.05, 4.69) is 20.8 Å². The van der Waals surface area contributed by atoms with Crippen molar-refractivity contribution in [3.63, 3.8) is 0 Å². The van der Waals surface area contributed by atoms with Crippen LogP contribution >= 0.6 is 0 Å². The molecule has 0 radical (unpaired) electrons. The molecule has 0 aromatic heterocycles. The van der Waals surface area contributed by atoms with Gasteiger partial charge in [-0.25, -0.2) is 4.79 Å². The van der Waals surface area contributed by atoms with E-state index in [4.69, 9.17) is 14.2 Å². The highest BCUT2D eigenvalue weighted by molar-refractivity contribution is 5.94. The van der Waals surface area contributed by atoms with Crippen molar-refractivity contribution in [1.82, 2.24) is 0 Å². The highest BCUT2D eigenvalue weighted by Crippen LogP contribution is 2.71. The molecule has 5 nitrogen and oxygen atoms in total. The Labute approximate surface area is 148 Å². The molecule has 3 fully saturated rings. The fourth-order valence-corrected chi connectivity index (χ4v) is 6.44. The molecule has 5 rings (SSSR count). The Kier molecular flexibility index (Phi) is 2.91. The molecule has 5 aliphatic rings. The quantitative estimate of drug-likeness (QED) is 0.539. The van der Waals surface area contributed by atoms with Gasteiger partial charge in [-0.15, -0.1) is 0 Å². The van der Waals surface area contributed by atoms with Crippen molar-refractivity contribution in [3.05, 3.63) is 11.1 Å². The van der Waals surface area contributed by atoms with Crippen molar-refractivity contribution in [2.75, 3.05) is 13.2 Å². The number of fused-ring (bicyclic) bond motifs is 2. The Balaban J connectivity index is 1.60. The SMILES string of the molecule is CC(C)C1CC2O[C@]23C(C)(OCC2C4=C(CC[C@@]23C)C(=O)OC4)C1=O. The Morgan fingerprint density at radius 2 is 1.96 bits per heavy atom. The van der Waals surface area contributed by atoms with Crippen molar-refractivity contribution >= 4 is 11.8 Å². The van der Waals surface area contributed by atoms with Gasteiger partial charge in [0.25, 0.3) is 0 Å². The van der Waals surface area contributed by atoms with Crippen LogP contribution in [0.2, 0.25) is 0 Å². The first-order valence-electron chi connectivity index (χ1n) is 9.51. The van der Waals surface area contributed by atoms with Crippen LogP contribution in [0, 0.1) is 23.2 Å². The molecule has 25 heavy (non-hydrogen) atoms. The molecule has 3 aliphatic heterocycles. The molecular formula is C20H26O5. The van der Waals surface area contributed by atoms with Crippen LogP contribution in [0.15, 0.2) is 11.1 Å². The molecule has 4 unspecified atom stereocenters. The van der Waals surface area contributed by atoms with E-state index in [0.29, 0.717) is 19.1 Å². The second-order valence-corrected chi connectivity index (χ2v) is 9.19. The summed E-state index contributed by atoms with van der Waals surface area (Å²) in [6, 6.07) is 0. The van der Waals surface area contributed by atoms with E-state index in [1.54, 1.807) is 0 Å². The van der Waals surface area contributed by atoms with Crippen molar-refractivity contribution < 1.29 is 23.8 Å². The van der Waals surface area contributed by atoms with Crippen LogP contribution in [0.1, 0.15) is 47.0 Å². The molecule has 1 spiro atoms. The molecule has 0 N–H and O–H groups in total. The topological polar surface area (TPSA) is 65.1 Å². The van der Waals surface area contributed by atoms with Crippen LogP contribution in [0.4, 0.5) is 0 Å². The lowest BCUT2D eigenvalue weighted by Gasteiger charge is -2.58. The van der Waals surface area contributed by atoms with E-state index in [-0.39, 0.29) is 35.1 Å². The number of epoxide rings is 1. The Bertz CT molecular complexity index is 724. The van der Waals surface area contributed by atoms with Crippen LogP contribution in [-0.2, 0) is 23.8 Å². The smallest absolute Gasteiger partial charge is 0.334 e. The average Bonchev–Trinajstić information content (AvgIpc) is 3.20. The van der Waals surface area contributed by atoms with E-state index < -0.39 is 11.2 Å². The summed E-state index contributed by atoms with van der Waals surface area (Å²) in [6.45, 7) is 9.25. The third-order valence-electron chi connectivity index (χ3n) is 7.98. The number of ketones is 1. The van der Waals surface area contributed by atoms with Gasteiger partial charge in [0.05, 0.1) is 12.7 Å². The molecule has 1 saturated carbocycles. The van der Waals surface area contributed by atoms with E-state index in [0.717, 1.165) is 30.4 Å². The first kappa shape index (κ1) is 16.0. The summed E-state index contributed by atoms with van der Waals surface area (Å²) in [6.07, 6.45) is 2.44. The number of ether oxygens (including phenoxy) is 3. The van der Waals surface area contributed by atoms with Crippen LogP contribution in [0.5, 0.6) is 0 Å². The van der Waals surface area contributed by atoms with Crippen molar-refractivity contribution in [3.8, 4) is 0 Å². The Morgan fingerprint density at radius 3 is 2.68 bits per heavy atom. The maximum atomic E-state index is 13.4. The third kappa shape index (κ3) is 1.59. The van der Waals surface area contributed by atoms with Gasteiger partial charge in [0.2, 0.25) is 0 Å². The summed E-state index contributed by atoms with van der Waals surface area (Å²) in [7, 11) is 0. The fourth-order valence-electron chi connectivity index (χ4n) is 6.44. The number of hydrogen-bond acceptors (Lipinski definition) is 5. The van der Waals surface area contributed by atoms with Crippen LogP contribution in [-0.4, -0.2) is 42.3 Å². The zero-order chi connectivity index (χ0) is 17.8. The molecular weight excluding hydrogens is 320 g/mol. The maximum Gasteiger partial charge on any atom is 0.334 e. The van der Waals surface area contributed by atoms with Crippen LogP contribution < -0.4 is 0 Å². The monoisotopic (exact) mass is 346 g/mol. The van der Waals surface area contributed by atoms with Crippen molar-refractivity contribution in [1.29, 1.82) is 0 Å². The van der Waals surface area contributed by atoms with Crippen LogP contribution in [0.25, 0.3) is 0 Å². The first-order valence-corrected chi connectivity index (χ1v) is 9.51. The second kappa shape index (κ2) is 4.55. The number of rotatable bonds is 1. The Morgan fingerprint density at radius 1 is 1.20 bits per heavy atom. The van der Waals surface area contributed by atoms with Gasteiger partial charge < -0.3 is 14.2 Å². The van der Waals surface area contributed by atoms with Gasteiger partial charge in [0.1, 0.15) is 12.2 Å². The molecule has 0 aromatic rings. The van der Waals surface area contributed by atoms with E-state index in [1.807, 2.05) is 6.92 Å². The predicted octanol–water partition coefficient (Wildman–Crippen LogP) is 2.43. The number of carbonyl (C=O) groups is 2. The number of hydrogen-bond donors (Lipinski definition) is 0. The summed E-state index contributed by atoms with van der Waals surface area (Å²) in [4.78, 5) is 25.3. The highest BCUT2D eigenvalue weighted by Gasteiger charge is 2.84.